The molecule has 6 aromatic carbocycles. The summed E-state index contributed by atoms with van der Waals surface area (Å²) in [5.41, 5.74) is 16.4. The minimum absolute atomic E-state index is 0.331. The van der Waals surface area contributed by atoms with Gasteiger partial charge in [0.1, 0.15) is 11.5 Å². The van der Waals surface area contributed by atoms with Crippen molar-refractivity contribution >= 4 is 29.2 Å². The number of ether oxygens (including phenoxy) is 2. The Morgan fingerprint density at radius 2 is 1.12 bits per heavy atom. The molecule has 0 atom stereocenters. The van der Waals surface area contributed by atoms with E-state index in [2.05, 4.69) is 72.8 Å². The third kappa shape index (κ3) is 9.64. The van der Waals surface area contributed by atoms with E-state index in [1.165, 1.54) is 50.1 Å². The molecule has 58 heavy (non-hydrogen) atoms. The van der Waals surface area contributed by atoms with Crippen LogP contribution in [0.4, 0.5) is 0 Å². The first-order chi connectivity index (χ1) is 28.3. The van der Waals surface area contributed by atoms with Gasteiger partial charge in [-0.3, -0.25) is 0 Å². The first-order valence-electron chi connectivity index (χ1n) is 19.8. The van der Waals surface area contributed by atoms with Gasteiger partial charge in [0.15, 0.2) is 0 Å². The highest BCUT2D eigenvalue weighted by Crippen LogP contribution is 2.37. The van der Waals surface area contributed by atoms with Crippen molar-refractivity contribution < 1.29 is 29.3 Å². The van der Waals surface area contributed by atoms with Crippen molar-refractivity contribution in [3.63, 3.8) is 0 Å². The number of rotatable bonds is 13. The minimum atomic E-state index is -0.884. The van der Waals surface area contributed by atoms with Gasteiger partial charge in [-0.25, -0.2) is 9.59 Å². The smallest absolute Gasteiger partial charge is 0.335 e. The monoisotopic (exact) mass is 768 g/mol. The number of carboxylic acids is 2. The first-order valence-corrected chi connectivity index (χ1v) is 19.8. The lowest BCUT2D eigenvalue weighted by Crippen LogP contribution is -2.00. The van der Waals surface area contributed by atoms with Crippen LogP contribution < -0.4 is 9.47 Å². The summed E-state index contributed by atoms with van der Waals surface area (Å²) < 4.78 is 10.7. The van der Waals surface area contributed by atoms with Gasteiger partial charge in [0.05, 0.1) is 25.3 Å². The van der Waals surface area contributed by atoms with Gasteiger partial charge in [0, 0.05) is 0 Å². The van der Waals surface area contributed by atoms with E-state index < -0.39 is 11.9 Å². The molecule has 0 heterocycles. The Balaban J connectivity index is 0.000000177. The Hall–Kier alpha value is -6.66. The van der Waals surface area contributed by atoms with Crippen molar-refractivity contribution in [2.75, 3.05) is 14.2 Å². The van der Waals surface area contributed by atoms with Crippen molar-refractivity contribution in [3.05, 3.63) is 206 Å². The van der Waals surface area contributed by atoms with Crippen LogP contribution in [-0.4, -0.2) is 36.4 Å². The van der Waals surface area contributed by atoms with E-state index >= 15 is 0 Å². The molecule has 0 amide bonds. The number of hydrogen-bond donors (Lipinski definition) is 2. The second-order valence-corrected chi connectivity index (χ2v) is 14.8. The summed E-state index contributed by atoms with van der Waals surface area (Å²) in [5.74, 6) is -0.00965. The lowest BCUT2D eigenvalue weighted by Gasteiger charge is -2.13. The minimum Gasteiger partial charge on any atom is -0.497 e. The van der Waals surface area contributed by atoms with Gasteiger partial charge in [-0.15, -0.1) is 0 Å². The van der Waals surface area contributed by atoms with Crippen molar-refractivity contribution in [2.45, 2.75) is 51.4 Å². The van der Waals surface area contributed by atoms with E-state index in [1.54, 1.807) is 38.5 Å². The third-order valence-electron chi connectivity index (χ3n) is 11.1. The summed E-state index contributed by atoms with van der Waals surface area (Å²) in [7, 11) is 3.39. The summed E-state index contributed by atoms with van der Waals surface area (Å²) in [6.07, 6.45) is 12.3. The summed E-state index contributed by atoms with van der Waals surface area (Å²) in [5, 5.41) is 18.1. The number of aryl methyl sites for hydroxylation is 5. The van der Waals surface area contributed by atoms with Crippen LogP contribution in [0, 0.1) is 0 Å². The first kappa shape index (κ1) is 39.6. The third-order valence-corrected chi connectivity index (χ3v) is 11.1. The van der Waals surface area contributed by atoms with Crippen molar-refractivity contribution in [2.24, 2.45) is 0 Å². The SMILES string of the molecule is COc1cccc(C=C2CCc3cccc(CCc4ccc(C(=O)O)cc4)c32)c1.COc1cccc(CC2=CCc3cccc(CCc4ccc(C(=O)O)cc4)c32)c1. The van der Waals surface area contributed by atoms with Crippen LogP contribution in [0.1, 0.15) is 82.8 Å². The Morgan fingerprint density at radius 1 is 0.569 bits per heavy atom. The molecule has 0 radical (unpaired) electrons. The average molecular weight is 769 g/mol. The molecule has 0 saturated carbocycles. The van der Waals surface area contributed by atoms with Crippen LogP contribution in [0.5, 0.6) is 11.5 Å². The normalized spacial score (nSPS) is 13.2. The molecule has 6 aromatic rings. The highest BCUT2D eigenvalue weighted by Gasteiger charge is 2.20. The molecule has 0 saturated heterocycles. The molecule has 0 bridgehead atoms. The molecule has 0 fully saturated rings. The van der Waals surface area contributed by atoms with E-state index in [1.807, 2.05) is 48.5 Å². The van der Waals surface area contributed by atoms with Gasteiger partial charge in [-0.05, 0) is 167 Å². The zero-order chi connectivity index (χ0) is 40.4. The average Bonchev–Trinajstić information content (AvgIpc) is 3.87. The van der Waals surface area contributed by atoms with Gasteiger partial charge < -0.3 is 19.7 Å². The molecule has 2 N–H and O–H groups in total. The standard InChI is InChI=1S/2C26H24O3/c2*1-29-24-7-2-4-19(17-24)16-23-15-14-21-6-3-5-20(25(21)23)11-8-18-9-12-22(13-10-18)26(27)28/h2-7,9-10,12-13,16-17H,8,11,14-15H2,1H3,(H,27,28);2-7,9-10,12-13,15,17H,8,11,14,16H2,1H3,(H,27,28). The van der Waals surface area contributed by atoms with Gasteiger partial charge in [-0.2, -0.15) is 0 Å². The number of fused-ring (bicyclic) bond motifs is 2. The van der Waals surface area contributed by atoms with Crippen LogP contribution in [0.15, 0.2) is 140 Å². The summed E-state index contributed by atoms with van der Waals surface area (Å²) in [4.78, 5) is 22.1. The molecule has 6 heteroatoms. The largest absolute Gasteiger partial charge is 0.497 e. The maximum atomic E-state index is 11.0. The van der Waals surface area contributed by atoms with Crippen LogP contribution in [0.25, 0.3) is 17.2 Å². The second-order valence-electron chi connectivity index (χ2n) is 14.8. The van der Waals surface area contributed by atoms with Crippen LogP contribution in [-0.2, 0) is 44.9 Å². The van der Waals surface area contributed by atoms with Gasteiger partial charge in [0.25, 0.3) is 0 Å². The highest BCUT2D eigenvalue weighted by molar-refractivity contribution is 5.88. The Labute approximate surface area is 340 Å². The predicted octanol–water partition coefficient (Wildman–Crippen LogP) is 11.0. The second kappa shape index (κ2) is 18.5. The molecule has 6 nitrogen and oxygen atoms in total. The summed E-state index contributed by atoms with van der Waals surface area (Å²) >= 11 is 0. The molecular weight excluding hydrogens is 721 g/mol. The fourth-order valence-corrected chi connectivity index (χ4v) is 8.08. The zero-order valence-electron chi connectivity index (χ0n) is 33.0. The number of methoxy groups -OCH3 is 2. The molecule has 8 rings (SSSR count). The molecular formula is C52H48O6. The molecule has 2 aliphatic rings. The summed E-state index contributed by atoms with van der Waals surface area (Å²) in [6, 6.07) is 44.0. The van der Waals surface area contributed by atoms with Gasteiger partial charge in [0.2, 0.25) is 0 Å². The number of carbonyl (C=O) groups is 2. The lowest BCUT2D eigenvalue weighted by molar-refractivity contribution is 0.0686. The van der Waals surface area contributed by atoms with Gasteiger partial charge >= 0.3 is 11.9 Å². The predicted molar refractivity (Wildman–Crippen MR) is 232 cm³/mol. The molecule has 0 unspecified atom stereocenters. The van der Waals surface area contributed by atoms with Crippen LogP contribution >= 0.6 is 0 Å². The molecule has 292 valence electrons. The van der Waals surface area contributed by atoms with Crippen molar-refractivity contribution in [1.29, 1.82) is 0 Å². The number of aromatic carboxylic acids is 2. The van der Waals surface area contributed by atoms with Crippen molar-refractivity contribution in [1.82, 2.24) is 0 Å². The topological polar surface area (TPSA) is 93.1 Å². The van der Waals surface area contributed by atoms with Crippen LogP contribution in [0.2, 0.25) is 0 Å². The number of hydrogen-bond acceptors (Lipinski definition) is 4. The van der Waals surface area contributed by atoms with Gasteiger partial charge in [-0.1, -0.05) is 97.1 Å². The fraction of sp³-hybridized carbons (Fsp3) is 0.192. The van der Waals surface area contributed by atoms with Crippen LogP contribution in [0.3, 0.4) is 0 Å². The Morgan fingerprint density at radius 3 is 1.72 bits per heavy atom. The maximum Gasteiger partial charge on any atom is 0.335 e. The molecule has 2 aliphatic carbocycles. The Kier molecular flexibility index (Phi) is 12.6. The van der Waals surface area contributed by atoms with E-state index in [9.17, 15) is 9.59 Å². The maximum absolute atomic E-state index is 11.0. The van der Waals surface area contributed by atoms with E-state index in [4.69, 9.17) is 19.7 Å². The summed E-state index contributed by atoms with van der Waals surface area (Å²) in [6.45, 7) is 0. The quantitative estimate of drug-likeness (QED) is 0.122. The van der Waals surface area contributed by atoms with E-state index in [0.29, 0.717) is 11.1 Å². The lowest BCUT2D eigenvalue weighted by atomic mass is 9.91. The van der Waals surface area contributed by atoms with E-state index in [-0.39, 0.29) is 0 Å². The fourth-order valence-electron chi connectivity index (χ4n) is 8.08. The van der Waals surface area contributed by atoms with Crippen molar-refractivity contribution in [3.8, 4) is 11.5 Å². The highest BCUT2D eigenvalue weighted by atomic mass is 16.5. The molecule has 0 aromatic heterocycles. The number of allylic oxidation sites excluding steroid dienone is 3. The number of carboxylic acid groups (broad SMARTS) is 2. The molecule has 0 aliphatic heterocycles. The number of benzene rings is 6. The zero-order valence-corrected chi connectivity index (χ0v) is 33.0. The Bertz CT molecular complexity index is 2470. The molecule has 0 spiro atoms. The van der Waals surface area contributed by atoms with E-state index in [0.717, 1.165) is 79.6 Å².